The number of carbonyl (C=O) groups excluding carboxylic acids is 1. The number of benzene rings is 3. The van der Waals surface area contributed by atoms with E-state index in [2.05, 4.69) is 5.32 Å². The van der Waals surface area contributed by atoms with Crippen LogP contribution in [0.25, 0.3) is 0 Å². The van der Waals surface area contributed by atoms with Crippen LogP contribution in [-0.4, -0.2) is 55.2 Å². The number of hydrogen-bond acceptors (Lipinski definition) is 6. The van der Waals surface area contributed by atoms with E-state index in [1.54, 1.807) is 30.3 Å². The number of rotatable bonds is 11. The van der Waals surface area contributed by atoms with Crippen molar-refractivity contribution < 1.29 is 22.7 Å². The van der Waals surface area contributed by atoms with Crippen LogP contribution in [0.1, 0.15) is 0 Å². The zero-order chi connectivity index (χ0) is 24.6. The number of nitrogens with one attached hydrogen (secondary N) is 1. The van der Waals surface area contributed by atoms with Crippen LogP contribution in [0.15, 0.2) is 83.8 Å². The minimum absolute atomic E-state index is 0.00869. The van der Waals surface area contributed by atoms with Gasteiger partial charge in [-0.15, -0.1) is 0 Å². The van der Waals surface area contributed by atoms with E-state index in [4.69, 9.17) is 9.47 Å². The van der Waals surface area contributed by atoms with Gasteiger partial charge in [-0.1, -0.05) is 36.4 Å². The van der Waals surface area contributed by atoms with Gasteiger partial charge in [-0.05, 0) is 36.4 Å². The highest BCUT2D eigenvalue weighted by Crippen LogP contribution is 2.32. The average molecular weight is 484 g/mol. The van der Waals surface area contributed by atoms with E-state index in [0.717, 1.165) is 9.99 Å². The Bertz CT molecular complexity index is 1190. The summed E-state index contributed by atoms with van der Waals surface area (Å²) >= 11 is 0. The molecule has 3 aromatic carbocycles. The Hall–Kier alpha value is -3.72. The van der Waals surface area contributed by atoms with Crippen LogP contribution in [0.2, 0.25) is 0 Å². The normalized spacial score (nSPS) is 10.9. The maximum absolute atomic E-state index is 13.5. The van der Waals surface area contributed by atoms with Gasteiger partial charge in [-0.3, -0.25) is 9.10 Å². The second kappa shape index (κ2) is 11.4. The van der Waals surface area contributed by atoms with Crippen LogP contribution in [0.3, 0.4) is 0 Å². The number of sulfonamides is 1. The molecule has 0 aliphatic rings. The zero-order valence-corrected chi connectivity index (χ0v) is 20.3. The Balaban J connectivity index is 1.77. The molecule has 0 aliphatic carbocycles. The highest BCUT2D eigenvalue weighted by Gasteiger charge is 2.28. The zero-order valence-electron chi connectivity index (χ0n) is 19.5. The molecule has 3 rings (SSSR count). The molecule has 1 amide bonds. The van der Waals surface area contributed by atoms with Crippen molar-refractivity contribution in [2.24, 2.45) is 0 Å². The molecule has 0 saturated carbocycles. The predicted molar refractivity (Wildman–Crippen MR) is 133 cm³/mol. The molecule has 0 saturated heterocycles. The fourth-order valence-electron chi connectivity index (χ4n) is 3.37. The third-order valence-electron chi connectivity index (χ3n) is 5.24. The third kappa shape index (κ3) is 5.99. The van der Waals surface area contributed by atoms with Crippen LogP contribution >= 0.6 is 0 Å². The summed E-state index contributed by atoms with van der Waals surface area (Å²) in [5, 5.41) is 2.82. The van der Waals surface area contributed by atoms with Gasteiger partial charge in [0.25, 0.3) is 10.0 Å². The van der Waals surface area contributed by atoms with Crippen molar-refractivity contribution in [3.63, 3.8) is 0 Å². The maximum atomic E-state index is 13.5. The second-order valence-electron chi connectivity index (χ2n) is 7.47. The van der Waals surface area contributed by atoms with Gasteiger partial charge in [0.15, 0.2) is 11.5 Å². The van der Waals surface area contributed by atoms with Gasteiger partial charge in [0.1, 0.15) is 6.54 Å². The monoisotopic (exact) mass is 483 g/mol. The van der Waals surface area contributed by atoms with E-state index in [1.807, 2.05) is 42.3 Å². The molecule has 0 aliphatic heterocycles. The highest BCUT2D eigenvalue weighted by atomic mass is 32.2. The van der Waals surface area contributed by atoms with Crippen LogP contribution in [0.4, 0.5) is 11.4 Å². The van der Waals surface area contributed by atoms with Crippen molar-refractivity contribution in [2.45, 2.75) is 4.90 Å². The molecule has 1 N–H and O–H groups in total. The first-order chi connectivity index (χ1) is 16.4. The summed E-state index contributed by atoms with van der Waals surface area (Å²) in [5.74, 6) is 0.285. The van der Waals surface area contributed by atoms with E-state index < -0.39 is 15.9 Å². The number of carbonyl (C=O) groups is 1. The summed E-state index contributed by atoms with van der Waals surface area (Å²) in [5.41, 5.74) is 1.41. The lowest BCUT2D eigenvalue weighted by molar-refractivity contribution is -0.119. The Kier molecular flexibility index (Phi) is 8.37. The maximum Gasteiger partial charge on any atom is 0.264 e. The van der Waals surface area contributed by atoms with E-state index in [0.29, 0.717) is 24.5 Å². The smallest absolute Gasteiger partial charge is 0.264 e. The fraction of sp³-hybridized carbons (Fsp3) is 0.240. The van der Waals surface area contributed by atoms with E-state index >= 15 is 0 Å². The summed E-state index contributed by atoms with van der Waals surface area (Å²) in [6.45, 7) is 0.572. The van der Waals surface area contributed by atoms with Gasteiger partial charge < -0.3 is 19.7 Å². The molecule has 0 atom stereocenters. The molecular weight excluding hydrogens is 454 g/mol. The number of nitrogens with zero attached hydrogens (tertiary/aromatic N) is 2. The largest absolute Gasteiger partial charge is 0.493 e. The standard InChI is InChI=1S/C25H29N3O5S/c1-27(20-10-6-4-7-11-20)17-16-26-25(29)19-28(21-12-8-5-9-13-21)34(30,31)22-14-15-23(32-2)24(18-22)33-3/h4-15,18H,16-17,19H2,1-3H3,(H,26,29). The number of hydrogen-bond donors (Lipinski definition) is 1. The summed E-state index contributed by atoms with van der Waals surface area (Å²) in [4.78, 5) is 14.8. The van der Waals surface area contributed by atoms with Crippen LogP contribution in [0, 0.1) is 0 Å². The molecule has 34 heavy (non-hydrogen) atoms. The third-order valence-corrected chi connectivity index (χ3v) is 7.01. The Morgan fingerprint density at radius 2 is 1.44 bits per heavy atom. The number of anilines is 2. The SMILES string of the molecule is COc1ccc(S(=O)(=O)N(CC(=O)NCCN(C)c2ccccc2)c2ccccc2)cc1OC. The first-order valence-electron chi connectivity index (χ1n) is 10.7. The Morgan fingerprint density at radius 3 is 2.03 bits per heavy atom. The lowest BCUT2D eigenvalue weighted by Crippen LogP contribution is -2.42. The average Bonchev–Trinajstić information content (AvgIpc) is 2.87. The number of para-hydroxylation sites is 2. The summed E-state index contributed by atoms with van der Waals surface area (Å²) in [7, 11) is 0.773. The van der Waals surface area contributed by atoms with Crippen molar-refractivity contribution in [1.82, 2.24) is 5.32 Å². The van der Waals surface area contributed by atoms with Crippen molar-refractivity contribution in [2.75, 3.05) is 50.1 Å². The second-order valence-corrected chi connectivity index (χ2v) is 9.33. The van der Waals surface area contributed by atoms with Gasteiger partial charge >= 0.3 is 0 Å². The molecular formula is C25H29N3O5S. The van der Waals surface area contributed by atoms with Crippen LogP contribution in [-0.2, 0) is 14.8 Å². The van der Waals surface area contributed by atoms with Gasteiger partial charge in [-0.2, -0.15) is 0 Å². The van der Waals surface area contributed by atoms with Crippen LogP contribution in [0.5, 0.6) is 11.5 Å². The molecule has 0 fully saturated rings. The molecule has 0 aromatic heterocycles. The first-order valence-corrected chi connectivity index (χ1v) is 12.1. The van der Waals surface area contributed by atoms with Crippen molar-refractivity contribution in [1.29, 1.82) is 0 Å². The molecule has 0 bridgehead atoms. The van der Waals surface area contributed by atoms with E-state index in [-0.39, 0.29) is 17.2 Å². The molecule has 9 heteroatoms. The number of methoxy groups -OCH3 is 2. The van der Waals surface area contributed by atoms with Crippen molar-refractivity contribution in [3.05, 3.63) is 78.9 Å². The molecule has 0 heterocycles. The minimum Gasteiger partial charge on any atom is -0.493 e. The molecule has 3 aromatic rings. The Labute approximate surface area is 200 Å². The molecule has 180 valence electrons. The minimum atomic E-state index is -4.06. The lowest BCUT2D eigenvalue weighted by Gasteiger charge is -2.25. The van der Waals surface area contributed by atoms with E-state index in [9.17, 15) is 13.2 Å². The topological polar surface area (TPSA) is 88.2 Å². The first kappa shape index (κ1) is 24.9. The van der Waals surface area contributed by atoms with Gasteiger partial charge in [0, 0.05) is 31.9 Å². The van der Waals surface area contributed by atoms with Crippen LogP contribution < -0.4 is 24.0 Å². The number of likely N-dealkylation sites (N-methyl/N-ethyl adjacent to an activating group) is 1. The van der Waals surface area contributed by atoms with Gasteiger partial charge in [-0.25, -0.2) is 8.42 Å². The predicted octanol–water partition coefficient (Wildman–Crippen LogP) is 3.15. The molecule has 0 spiro atoms. The molecule has 8 nitrogen and oxygen atoms in total. The van der Waals surface area contributed by atoms with Gasteiger partial charge in [0.05, 0.1) is 24.8 Å². The molecule has 0 radical (unpaired) electrons. The van der Waals surface area contributed by atoms with Crippen molar-refractivity contribution in [3.8, 4) is 11.5 Å². The fourth-order valence-corrected chi connectivity index (χ4v) is 4.81. The number of ether oxygens (including phenoxy) is 2. The quantitative estimate of drug-likeness (QED) is 0.451. The van der Waals surface area contributed by atoms with Gasteiger partial charge in [0.2, 0.25) is 5.91 Å². The number of amides is 1. The Morgan fingerprint density at radius 1 is 0.853 bits per heavy atom. The summed E-state index contributed by atoms with van der Waals surface area (Å²) in [6, 6.07) is 22.7. The van der Waals surface area contributed by atoms with Crippen molar-refractivity contribution >= 4 is 27.3 Å². The lowest BCUT2D eigenvalue weighted by atomic mass is 10.3. The highest BCUT2D eigenvalue weighted by molar-refractivity contribution is 7.92. The summed E-state index contributed by atoms with van der Waals surface area (Å²) in [6.07, 6.45) is 0. The summed E-state index contributed by atoms with van der Waals surface area (Å²) < 4.78 is 38.6. The molecule has 0 unspecified atom stereocenters. The van der Waals surface area contributed by atoms with E-state index in [1.165, 1.54) is 32.4 Å².